The van der Waals surface area contributed by atoms with Crippen LogP contribution in [0.1, 0.15) is 25.0 Å². The smallest absolute Gasteiger partial charge is 0.220 e. The van der Waals surface area contributed by atoms with Crippen molar-refractivity contribution in [1.29, 1.82) is 0 Å². The van der Waals surface area contributed by atoms with Crippen molar-refractivity contribution in [1.82, 2.24) is 62.4 Å². The van der Waals surface area contributed by atoms with Gasteiger partial charge in [-0.3, -0.25) is 17.9 Å². The van der Waals surface area contributed by atoms with Crippen molar-refractivity contribution in [2.45, 2.75) is 19.3 Å². The molecule has 0 aliphatic heterocycles. The van der Waals surface area contributed by atoms with Gasteiger partial charge in [-0.2, -0.15) is 0 Å². The van der Waals surface area contributed by atoms with Crippen LogP contribution in [0.5, 0.6) is 0 Å². The van der Waals surface area contributed by atoms with E-state index in [2.05, 4.69) is 224 Å². The Labute approximate surface area is 583 Å². The second-order valence-corrected chi connectivity index (χ2v) is 26.8. The molecule has 21 rings (SSSR count). The molecule has 0 atom stereocenters. The topological polar surface area (TPSA) is 127 Å². The van der Waals surface area contributed by atoms with Gasteiger partial charge in [0.25, 0.3) is 0 Å². The van der Waals surface area contributed by atoms with E-state index in [1.807, 2.05) is 121 Å². The molecule has 0 N–H and O–H groups in total. The maximum atomic E-state index is 5.72. The number of rotatable bonds is 10. The molecule has 1 aliphatic carbocycles. The summed E-state index contributed by atoms with van der Waals surface area (Å²) < 4.78 is 11.6. The fourth-order valence-electron chi connectivity index (χ4n) is 15.7. The predicted octanol–water partition coefficient (Wildman–Crippen LogP) is 20.6. The maximum Gasteiger partial charge on any atom is 0.220 e. The minimum absolute atomic E-state index is 0.317. The molecule has 13 nitrogen and oxygen atoms in total. The first-order valence-electron chi connectivity index (χ1n) is 34.3. The van der Waals surface area contributed by atoms with Gasteiger partial charge in [-0.25, -0.2) is 39.9 Å². The molecule has 0 radical (unpaired) electrons. The van der Waals surface area contributed by atoms with Crippen molar-refractivity contribution in [3.63, 3.8) is 0 Å². The number of benzene rings is 13. The van der Waals surface area contributed by atoms with Crippen molar-refractivity contribution in [2.75, 3.05) is 0 Å². The lowest BCUT2D eigenvalue weighted by Gasteiger charge is -2.22. The molecular weight excluding hydrogens is 1250 g/mol. The molecule has 1 aliphatic rings. The van der Waals surface area contributed by atoms with E-state index in [1.54, 1.807) is 0 Å². The Kier molecular flexibility index (Phi) is 12.4. The van der Waals surface area contributed by atoms with Crippen molar-refractivity contribution in [3.8, 4) is 108 Å². The lowest BCUT2D eigenvalue weighted by Crippen LogP contribution is -2.15. The van der Waals surface area contributed by atoms with Gasteiger partial charge < -0.3 is 4.57 Å². The maximum absolute atomic E-state index is 5.72. The van der Waals surface area contributed by atoms with Crippen LogP contribution in [0.3, 0.4) is 0 Å². The van der Waals surface area contributed by atoms with Gasteiger partial charge >= 0.3 is 0 Å². The van der Waals surface area contributed by atoms with E-state index in [4.69, 9.17) is 39.9 Å². The Bertz CT molecular complexity index is 6710. The lowest BCUT2D eigenvalue weighted by atomic mass is 9.81. The average Bonchev–Trinajstić information content (AvgIpc) is 1.54. The third-order valence-corrected chi connectivity index (χ3v) is 20.6. The van der Waals surface area contributed by atoms with Crippen LogP contribution in [0.15, 0.2) is 309 Å². The van der Waals surface area contributed by atoms with E-state index in [-0.39, 0.29) is 5.41 Å². The second kappa shape index (κ2) is 22.1. The normalized spacial score (nSPS) is 12.7. The standard InChI is InChI=1S/C89H57N13/c1-89(2)69-51-59(43-46-65(69)68-52-78-71(53-70(68)89)90-87-100(74-38-18-20-40-76(74)102(78)87)64-34-22-32-61(50-64)86-96-83(57-27-11-5-12-28-57)93-84(97-86)58-29-13-6-14-30-58)54-41-44-62(45-42-54)99-73-37-17-19-39-75(73)101-77-48-47-67-66-35-15-16-36-72(66)98(80(67)79(77)91-88(99)101)63-33-21-31-60(49-63)85-94-81(55-23-7-3-8-24-55)92-82(95-85)56-25-9-4-10-26-56/h3-53H,1-2H3. The Morgan fingerprint density at radius 2 is 0.676 bits per heavy atom. The average molecular weight is 1310 g/mol. The van der Waals surface area contributed by atoms with Crippen LogP contribution in [0.25, 0.3) is 185 Å². The fourth-order valence-corrected chi connectivity index (χ4v) is 15.7. The molecule has 0 saturated heterocycles. The molecule has 0 fully saturated rings. The zero-order valence-electron chi connectivity index (χ0n) is 55.3. The van der Waals surface area contributed by atoms with E-state index in [0.29, 0.717) is 34.9 Å². The zero-order valence-corrected chi connectivity index (χ0v) is 55.3. The van der Waals surface area contributed by atoms with Crippen LogP contribution < -0.4 is 0 Å². The highest BCUT2D eigenvalue weighted by molar-refractivity contribution is 6.18. The summed E-state index contributed by atoms with van der Waals surface area (Å²) in [6.07, 6.45) is 0. The van der Waals surface area contributed by atoms with Crippen molar-refractivity contribution in [3.05, 3.63) is 321 Å². The van der Waals surface area contributed by atoms with Gasteiger partial charge in [-0.1, -0.05) is 226 Å². The lowest BCUT2D eigenvalue weighted by molar-refractivity contribution is 0.661. The van der Waals surface area contributed by atoms with E-state index in [1.165, 1.54) is 22.3 Å². The summed E-state index contributed by atoms with van der Waals surface area (Å²) in [6, 6.07) is 108. The third-order valence-electron chi connectivity index (χ3n) is 20.6. The molecule has 7 heterocycles. The highest BCUT2D eigenvalue weighted by Crippen LogP contribution is 2.52. The number of imidazole rings is 4. The number of aromatic nitrogens is 13. The Balaban J connectivity index is 0.641. The minimum atomic E-state index is -0.317. The third kappa shape index (κ3) is 8.77. The zero-order chi connectivity index (χ0) is 67.3. The molecule has 478 valence electrons. The van der Waals surface area contributed by atoms with E-state index < -0.39 is 0 Å². The summed E-state index contributed by atoms with van der Waals surface area (Å²) in [5.74, 6) is 5.32. The van der Waals surface area contributed by atoms with Gasteiger partial charge in [0.1, 0.15) is 5.52 Å². The van der Waals surface area contributed by atoms with Gasteiger partial charge in [0, 0.05) is 66.6 Å². The molecule has 20 aromatic rings. The van der Waals surface area contributed by atoms with Crippen LogP contribution in [0, 0.1) is 0 Å². The van der Waals surface area contributed by atoms with Gasteiger partial charge in [-0.05, 0) is 130 Å². The number of fused-ring (bicyclic) bond motifs is 17. The van der Waals surface area contributed by atoms with Crippen molar-refractivity contribution < 1.29 is 0 Å². The molecule has 102 heavy (non-hydrogen) atoms. The highest BCUT2D eigenvalue weighted by atomic mass is 15.2. The predicted molar refractivity (Wildman–Crippen MR) is 409 cm³/mol. The summed E-state index contributed by atoms with van der Waals surface area (Å²) in [5.41, 5.74) is 25.6. The molecule has 13 heteroatoms. The van der Waals surface area contributed by atoms with Crippen molar-refractivity contribution >= 4 is 77.5 Å². The van der Waals surface area contributed by atoms with Gasteiger partial charge in [0.05, 0.1) is 49.7 Å². The number of nitrogens with zero attached hydrogens (tertiary/aromatic N) is 13. The molecule has 0 saturated carbocycles. The molecular formula is C89H57N13. The fraction of sp³-hybridized carbons (Fsp3) is 0.0337. The highest BCUT2D eigenvalue weighted by Gasteiger charge is 2.37. The molecule has 13 aromatic carbocycles. The van der Waals surface area contributed by atoms with Crippen molar-refractivity contribution in [2.24, 2.45) is 0 Å². The monoisotopic (exact) mass is 1310 g/mol. The Morgan fingerprint density at radius 1 is 0.245 bits per heavy atom. The molecule has 0 spiro atoms. The minimum Gasteiger partial charge on any atom is -0.307 e. The summed E-state index contributed by atoms with van der Waals surface area (Å²) in [5, 5.41) is 2.26. The first kappa shape index (κ1) is 57.3. The van der Waals surface area contributed by atoms with Crippen LogP contribution in [0.4, 0.5) is 0 Å². The second-order valence-electron chi connectivity index (χ2n) is 26.8. The summed E-state index contributed by atoms with van der Waals surface area (Å²) in [6.45, 7) is 4.70. The van der Waals surface area contributed by atoms with Crippen LogP contribution in [-0.2, 0) is 5.41 Å². The van der Waals surface area contributed by atoms with Crippen LogP contribution in [0.2, 0.25) is 0 Å². The van der Waals surface area contributed by atoms with E-state index in [0.717, 1.165) is 139 Å². The summed E-state index contributed by atoms with van der Waals surface area (Å²) in [7, 11) is 0. The van der Waals surface area contributed by atoms with Gasteiger partial charge in [0.2, 0.25) is 11.6 Å². The Morgan fingerprint density at radius 3 is 1.23 bits per heavy atom. The van der Waals surface area contributed by atoms with Crippen LogP contribution >= 0.6 is 0 Å². The van der Waals surface area contributed by atoms with Crippen LogP contribution in [-0.4, -0.2) is 62.4 Å². The van der Waals surface area contributed by atoms with Gasteiger partial charge in [-0.15, -0.1) is 0 Å². The largest absolute Gasteiger partial charge is 0.307 e. The summed E-state index contributed by atoms with van der Waals surface area (Å²) >= 11 is 0. The molecule has 0 bridgehead atoms. The number of hydrogen-bond acceptors (Lipinski definition) is 8. The quantitative estimate of drug-likeness (QED) is 0.132. The SMILES string of the molecule is CC1(C)c2cc(-c3ccc(-n4c5ccccc5n5c6ccc7c8ccccc8n(-c8cccc(-c9nc(-c%10ccccc%10)nc(-c%10ccccc%10)n9)c8)c7c6nc45)cc3)ccc2-c2cc3c(cc21)nc1n(-c2cccc(-c4nc(-c5ccccc5)nc(-c5ccccc5)n4)c2)c2ccccc2n31. The molecule has 0 unspecified atom stereocenters. The molecule has 0 amide bonds. The Hall–Kier alpha value is -13.8. The molecule has 7 aromatic heterocycles. The first-order chi connectivity index (χ1) is 50.3. The van der Waals surface area contributed by atoms with E-state index >= 15 is 0 Å². The summed E-state index contributed by atoms with van der Waals surface area (Å²) in [4.78, 5) is 41.6. The van der Waals surface area contributed by atoms with E-state index in [9.17, 15) is 0 Å². The van der Waals surface area contributed by atoms with Gasteiger partial charge in [0.15, 0.2) is 34.9 Å². The number of hydrogen-bond donors (Lipinski definition) is 0. The first-order valence-corrected chi connectivity index (χ1v) is 34.3. The number of para-hydroxylation sites is 5.